The first-order valence-electron chi connectivity index (χ1n) is 6.10. The van der Waals surface area contributed by atoms with Gasteiger partial charge in [-0.3, -0.25) is 0 Å². The summed E-state index contributed by atoms with van der Waals surface area (Å²) in [6.07, 6.45) is 6.39. The van der Waals surface area contributed by atoms with E-state index in [1.54, 1.807) is 0 Å². The number of fused-ring (bicyclic) bond motifs is 1. The summed E-state index contributed by atoms with van der Waals surface area (Å²) in [6, 6.07) is 0.677. The van der Waals surface area contributed by atoms with Crippen LogP contribution < -0.4 is 0 Å². The molecule has 2 aliphatic rings. The SMILES string of the molecule is CC.CN1CCC[C@]2(CO)CCC[C@@H]12. The Hall–Kier alpha value is -0.0800. The van der Waals surface area contributed by atoms with Crippen LogP contribution in [0.3, 0.4) is 0 Å². The van der Waals surface area contributed by atoms with Crippen molar-refractivity contribution in [3.63, 3.8) is 0 Å². The summed E-state index contributed by atoms with van der Waals surface area (Å²) in [5.74, 6) is 0. The average molecular weight is 199 g/mol. The number of nitrogens with zero attached hydrogens (tertiary/aromatic N) is 1. The maximum absolute atomic E-state index is 9.44. The fourth-order valence-electron chi connectivity index (χ4n) is 3.20. The minimum Gasteiger partial charge on any atom is -0.396 e. The first-order valence-corrected chi connectivity index (χ1v) is 6.10. The van der Waals surface area contributed by atoms with Crippen molar-refractivity contribution in [1.82, 2.24) is 4.90 Å². The zero-order chi connectivity index (χ0) is 10.6. The lowest BCUT2D eigenvalue weighted by atomic mass is 9.76. The normalized spacial score (nSPS) is 37.3. The maximum atomic E-state index is 9.44. The van der Waals surface area contributed by atoms with Gasteiger partial charge in [0.1, 0.15) is 0 Å². The second kappa shape index (κ2) is 5.13. The number of aliphatic hydroxyl groups excluding tert-OH is 1. The fraction of sp³-hybridized carbons (Fsp3) is 1.00. The van der Waals surface area contributed by atoms with Crippen LogP contribution in [0.25, 0.3) is 0 Å². The highest BCUT2D eigenvalue weighted by Crippen LogP contribution is 2.46. The number of hydrogen-bond donors (Lipinski definition) is 1. The molecule has 0 radical (unpaired) electrons. The molecule has 0 spiro atoms. The highest BCUT2D eigenvalue weighted by molar-refractivity contribution is 4.99. The molecule has 1 aliphatic carbocycles. The third-order valence-electron chi connectivity index (χ3n) is 3.89. The molecule has 2 fully saturated rings. The molecule has 1 aliphatic heterocycles. The Morgan fingerprint density at radius 3 is 2.50 bits per heavy atom. The van der Waals surface area contributed by atoms with Gasteiger partial charge in [-0.05, 0) is 39.3 Å². The molecule has 1 heterocycles. The number of piperidine rings is 1. The summed E-state index contributed by atoms with van der Waals surface area (Å²) in [5, 5.41) is 9.44. The number of hydrogen-bond acceptors (Lipinski definition) is 2. The van der Waals surface area contributed by atoms with Crippen molar-refractivity contribution in [3.8, 4) is 0 Å². The van der Waals surface area contributed by atoms with Gasteiger partial charge in [0.25, 0.3) is 0 Å². The van der Waals surface area contributed by atoms with Crippen LogP contribution in [0.5, 0.6) is 0 Å². The molecule has 1 saturated heterocycles. The summed E-state index contributed by atoms with van der Waals surface area (Å²) in [7, 11) is 2.21. The molecule has 2 nitrogen and oxygen atoms in total. The molecule has 0 aromatic rings. The van der Waals surface area contributed by atoms with Crippen molar-refractivity contribution >= 4 is 0 Å². The molecule has 1 N–H and O–H groups in total. The molecule has 0 aromatic carbocycles. The van der Waals surface area contributed by atoms with Gasteiger partial charge >= 0.3 is 0 Å². The monoisotopic (exact) mass is 199 g/mol. The van der Waals surface area contributed by atoms with E-state index in [0.717, 1.165) is 0 Å². The van der Waals surface area contributed by atoms with E-state index in [1.165, 1.54) is 38.6 Å². The fourth-order valence-corrected chi connectivity index (χ4v) is 3.20. The summed E-state index contributed by atoms with van der Waals surface area (Å²) in [6.45, 7) is 5.63. The largest absolute Gasteiger partial charge is 0.396 e. The summed E-state index contributed by atoms with van der Waals surface area (Å²) in [5.41, 5.74) is 0.285. The quantitative estimate of drug-likeness (QED) is 0.700. The Bertz CT molecular complexity index is 172. The van der Waals surface area contributed by atoms with Crippen molar-refractivity contribution in [2.24, 2.45) is 5.41 Å². The molecule has 0 bridgehead atoms. The average Bonchev–Trinajstić information content (AvgIpc) is 2.67. The lowest BCUT2D eigenvalue weighted by Gasteiger charge is -2.44. The van der Waals surface area contributed by atoms with Crippen LogP contribution in [0.2, 0.25) is 0 Å². The van der Waals surface area contributed by atoms with E-state index in [2.05, 4.69) is 11.9 Å². The van der Waals surface area contributed by atoms with E-state index in [4.69, 9.17) is 0 Å². The number of likely N-dealkylation sites (tertiary alicyclic amines) is 1. The van der Waals surface area contributed by atoms with Gasteiger partial charge in [-0.1, -0.05) is 20.3 Å². The number of rotatable bonds is 1. The van der Waals surface area contributed by atoms with Crippen molar-refractivity contribution in [3.05, 3.63) is 0 Å². The second-order valence-corrected chi connectivity index (χ2v) is 4.51. The Labute approximate surface area is 88.3 Å². The highest BCUT2D eigenvalue weighted by Gasteiger charge is 2.45. The van der Waals surface area contributed by atoms with Crippen molar-refractivity contribution in [2.75, 3.05) is 20.2 Å². The van der Waals surface area contributed by atoms with Gasteiger partial charge in [0.15, 0.2) is 0 Å². The predicted molar refractivity (Wildman–Crippen MR) is 60.4 cm³/mol. The molecule has 0 unspecified atom stereocenters. The van der Waals surface area contributed by atoms with E-state index < -0.39 is 0 Å². The molecule has 84 valence electrons. The molecule has 2 rings (SSSR count). The Kier molecular flexibility index (Phi) is 4.39. The lowest BCUT2D eigenvalue weighted by molar-refractivity contribution is 0.00742. The Morgan fingerprint density at radius 1 is 1.29 bits per heavy atom. The maximum Gasteiger partial charge on any atom is 0.0502 e. The molecule has 14 heavy (non-hydrogen) atoms. The lowest BCUT2D eigenvalue weighted by Crippen LogP contribution is -2.49. The highest BCUT2D eigenvalue weighted by atomic mass is 16.3. The van der Waals surface area contributed by atoms with Gasteiger partial charge in [-0.2, -0.15) is 0 Å². The first-order chi connectivity index (χ1) is 6.78. The van der Waals surface area contributed by atoms with Gasteiger partial charge in [0.2, 0.25) is 0 Å². The standard InChI is InChI=1S/C10H19NO.C2H6/c1-11-7-3-6-10(8-12)5-2-4-9(10)11;1-2/h9,12H,2-8H2,1H3;1-2H3/t9-,10+;/m1./s1. The van der Waals surface area contributed by atoms with Crippen LogP contribution in [-0.4, -0.2) is 36.2 Å². The molecule has 0 amide bonds. The zero-order valence-electron chi connectivity index (χ0n) is 9.92. The molecule has 2 heteroatoms. The van der Waals surface area contributed by atoms with Crippen LogP contribution in [0, 0.1) is 5.41 Å². The van der Waals surface area contributed by atoms with Crippen LogP contribution in [0.4, 0.5) is 0 Å². The topological polar surface area (TPSA) is 23.5 Å². The van der Waals surface area contributed by atoms with E-state index in [-0.39, 0.29) is 5.41 Å². The van der Waals surface area contributed by atoms with Crippen LogP contribution >= 0.6 is 0 Å². The molecule has 0 aromatic heterocycles. The van der Waals surface area contributed by atoms with Crippen LogP contribution in [0.1, 0.15) is 46.0 Å². The first kappa shape index (κ1) is 12.0. The van der Waals surface area contributed by atoms with E-state index >= 15 is 0 Å². The molecule has 1 saturated carbocycles. The zero-order valence-corrected chi connectivity index (χ0v) is 9.92. The Balaban J connectivity index is 0.000000461. The number of aliphatic hydroxyl groups is 1. The van der Waals surface area contributed by atoms with Crippen molar-refractivity contribution in [1.29, 1.82) is 0 Å². The van der Waals surface area contributed by atoms with Crippen molar-refractivity contribution in [2.45, 2.75) is 52.0 Å². The van der Waals surface area contributed by atoms with Gasteiger partial charge in [0.05, 0.1) is 6.61 Å². The summed E-state index contributed by atoms with van der Waals surface area (Å²) < 4.78 is 0. The third kappa shape index (κ3) is 1.96. The molecular formula is C12H25NO. The Morgan fingerprint density at radius 2 is 1.93 bits per heavy atom. The van der Waals surface area contributed by atoms with E-state index in [1.807, 2.05) is 13.8 Å². The van der Waals surface area contributed by atoms with E-state index in [9.17, 15) is 5.11 Å². The predicted octanol–water partition coefficient (Wildman–Crippen LogP) is 2.27. The van der Waals surface area contributed by atoms with Crippen LogP contribution in [0.15, 0.2) is 0 Å². The van der Waals surface area contributed by atoms with Gasteiger partial charge in [0, 0.05) is 11.5 Å². The molecule has 2 atom stereocenters. The summed E-state index contributed by atoms with van der Waals surface area (Å²) in [4.78, 5) is 2.45. The second-order valence-electron chi connectivity index (χ2n) is 4.51. The van der Waals surface area contributed by atoms with Crippen LogP contribution in [-0.2, 0) is 0 Å². The van der Waals surface area contributed by atoms with Gasteiger partial charge in [-0.15, -0.1) is 0 Å². The minimum atomic E-state index is 0.285. The van der Waals surface area contributed by atoms with Gasteiger partial charge < -0.3 is 10.0 Å². The van der Waals surface area contributed by atoms with Crippen molar-refractivity contribution < 1.29 is 5.11 Å². The minimum absolute atomic E-state index is 0.285. The summed E-state index contributed by atoms with van der Waals surface area (Å²) >= 11 is 0. The third-order valence-corrected chi connectivity index (χ3v) is 3.89. The van der Waals surface area contributed by atoms with Gasteiger partial charge in [-0.25, -0.2) is 0 Å². The van der Waals surface area contributed by atoms with E-state index in [0.29, 0.717) is 12.6 Å². The smallest absolute Gasteiger partial charge is 0.0502 e. The molecular weight excluding hydrogens is 174 g/mol.